The molecule has 2 aromatic heterocycles. The van der Waals surface area contributed by atoms with Crippen LogP contribution in [0.2, 0.25) is 0 Å². The van der Waals surface area contributed by atoms with Crippen molar-refractivity contribution in [2.75, 3.05) is 0 Å². The standard InChI is InChI=1S/C18H14FN3O/c1-12-10-17(23)22-16-9-5-4-8-15(16)21(18(22)20-12)11-13-6-2-3-7-14(13)19/h2-10H,11H2,1H3. The maximum Gasteiger partial charge on any atom is 0.259 e. The van der Waals surface area contributed by atoms with Crippen LogP contribution in [-0.2, 0) is 6.54 Å². The number of hydrogen-bond acceptors (Lipinski definition) is 2. The molecule has 4 nitrogen and oxygen atoms in total. The normalized spacial score (nSPS) is 11.4. The zero-order valence-corrected chi connectivity index (χ0v) is 12.5. The zero-order valence-electron chi connectivity index (χ0n) is 12.5. The summed E-state index contributed by atoms with van der Waals surface area (Å²) in [6.07, 6.45) is 0. The molecule has 5 heteroatoms. The van der Waals surface area contributed by atoms with Crippen LogP contribution < -0.4 is 5.56 Å². The molecule has 4 rings (SSSR count). The Morgan fingerprint density at radius 1 is 1.04 bits per heavy atom. The third kappa shape index (κ3) is 2.12. The molecule has 0 aliphatic heterocycles. The highest BCUT2D eigenvalue weighted by Crippen LogP contribution is 2.20. The average Bonchev–Trinajstić information content (AvgIpc) is 2.84. The van der Waals surface area contributed by atoms with E-state index in [0.717, 1.165) is 11.0 Å². The molecule has 114 valence electrons. The van der Waals surface area contributed by atoms with Gasteiger partial charge < -0.3 is 4.57 Å². The van der Waals surface area contributed by atoms with Crippen LogP contribution in [0, 0.1) is 12.7 Å². The second-order valence-corrected chi connectivity index (χ2v) is 5.54. The largest absolute Gasteiger partial charge is 0.305 e. The molecule has 2 aromatic carbocycles. The Morgan fingerprint density at radius 2 is 1.74 bits per heavy atom. The molecule has 0 fully saturated rings. The molecule has 0 aliphatic carbocycles. The van der Waals surface area contributed by atoms with Gasteiger partial charge in [0, 0.05) is 17.3 Å². The predicted octanol–water partition coefficient (Wildman–Crippen LogP) is 3.15. The van der Waals surface area contributed by atoms with Gasteiger partial charge in [0.05, 0.1) is 17.6 Å². The molecule has 4 aromatic rings. The Balaban J connectivity index is 2.08. The van der Waals surface area contributed by atoms with Crippen molar-refractivity contribution < 1.29 is 4.39 Å². The van der Waals surface area contributed by atoms with Crippen molar-refractivity contribution in [2.24, 2.45) is 0 Å². The molecule has 0 atom stereocenters. The number of nitrogens with zero attached hydrogens (tertiary/aromatic N) is 3. The van der Waals surface area contributed by atoms with Crippen LogP contribution in [0.4, 0.5) is 4.39 Å². The summed E-state index contributed by atoms with van der Waals surface area (Å²) in [7, 11) is 0. The molecular formula is C18H14FN3O. The molecule has 23 heavy (non-hydrogen) atoms. The van der Waals surface area contributed by atoms with Crippen molar-refractivity contribution in [1.29, 1.82) is 0 Å². The van der Waals surface area contributed by atoms with Crippen molar-refractivity contribution in [3.8, 4) is 0 Å². The second-order valence-electron chi connectivity index (χ2n) is 5.54. The lowest BCUT2D eigenvalue weighted by molar-refractivity contribution is 0.603. The first-order valence-corrected chi connectivity index (χ1v) is 7.36. The summed E-state index contributed by atoms with van der Waals surface area (Å²) < 4.78 is 17.5. The van der Waals surface area contributed by atoms with E-state index in [1.807, 2.05) is 28.8 Å². The first kappa shape index (κ1) is 13.7. The molecular weight excluding hydrogens is 293 g/mol. The Bertz CT molecular complexity index is 1090. The van der Waals surface area contributed by atoms with E-state index in [4.69, 9.17) is 0 Å². The number of aromatic nitrogens is 3. The van der Waals surface area contributed by atoms with Gasteiger partial charge in [0.15, 0.2) is 0 Å². The number of aryl methyl sites for hydroxylation is 1. The maximum absolute atomic E-state index is 14.0. The van der Waals surface area contributed by atoms with Gasteiger partial charge in [-0.25, -0.2) is 13.8 Å². The lowest BCUT2D eigenvalue weighted by atomic mass is 10.2. The van der Waals surface area contributed by atoms with Gasteiger partial charge in [0.1, 0.15) is 5.82 Å². The molecule has 0 saturated carbocycles. The summed E-state index contributed by atoms with van der Waals surface area (Å²) >= 11 is 0. The number of hydrogen-bond donors (Lipinski definition) is 0. The number of rotatable bonds is 2. The van der Waals surface area contributed by atoms with Crippen LogP contribution in [-0.4, -0.2) is 14.0 Å². The molecule has 0 N–H and O–H groups in total. The molecule has 0 radical (unpaired) electrons. The van der Waals surface area contributed by atoms with Gasteiger partial charge in [-0.05, 0) is 25.1 Å². The van der Waals surface area contributed by atoms with Gasteiger partial charge in [0.2, 0.25) is 5.78 Å². The summed E-state index contributed by atoms with van der Waals surface area (Å²) in [5.74, 6) is 0.262. The number of halogens is 1. The minimum absolute atomic E-state index is 0.129. The van der Waals surface area contributed by atoms with Crippen molar-refractivity contribution in [3.63, 3.8) is 0 Å². The van der Waals surface area contributed by atoms with E-state index in [9.17, 15) is 9.18 Å². The van der Waals surface area contributed by atoms with Gasteiger partial charge in [0.25, 0.3) is 5.56 Å². The van der Waals surface area contributed by atoms with E-state index in [2.05, 4.69) is 4.98 Å². The summed E-state index contributed by atoms with van der Waals surface area (Å²) in [4.78, 5) is 16.9. The topological polar surface area (TPSA) is 39.3 Å². The van der Waals surface area contributed by atoms with Crippen molar-refractivity contribution >= 4 is 16.8 Å². The van der Waals surface area contributed by atoms with E-state index in [1.165, 1.54) is 12.1 Å². The Morgan fingerprint density at radius 3 is 2.52 bits per heavy atom. The fraction of sp³-hybridized carbons (Fsp3) is 0.111. The third-order valence-corrected chi connectivity index (χ3v) is 3.97. The molecule has 0 bridgehead atoms. The Hall–Kier alpha value is -2.95. The molecule has 0 spiro atoms. The summed E-state index contributed by atoms with van der Waals surface area (Å²) in [6, 6.07) is 15.7. The van der Waals surface area contributed by atoms with Gasteiger partial charge in [-0.3, -0.25) is 4.79 Å². The van der Waals surface area contributed by atoms with Gasteiger partial charge in [-0.1, -0.05) is 30.3 Å². The predicted molar refractivity (Wildman–Crippen MR) is 87.2 cm³/mol. The number of para-hydroxylation sites is 2. The second kappa shape index (κ2) is 5.05. The Kier molecular flexibility index (Phi) is 3.01. The maximum atomic E-state index is 14.0. The quantitative estimate of drug-likeness (QED) is 0.571. The highest BCUT2D eigenvalue weighted by atomic mass is 19.1. The summed E-state index contributed by atoms with van der Waals surface area (Å²) in [5.41, 5.74) is 2.71. The van der Waals surface area contributed by atoms with Gasteiger partial charge >= 0.3 is 0 Å². The van der Waals surface area contributed by atoms with Crippen LogP contribution in [0.15, 0.2) is 59.4 Å². The first-order chi connectivity index (χ1) is 11.1. The molecule has 0 amide bonds. The fourth-order valence-electron chi connectivity index (χ4n) is 2.93. The van der Waals surface area contributed by atoms with E-state index in [0.29, 0.717) is 23.6 Å². The Labute approximate surface area is 131 Å². The van der Waals surface area contributed by atoms with E-state index >= 15 is 0 Å². The van der Waals surface area contributed by atoms with Crippen LogP contribution in [0.1, 0.15) is 11.3 Å². The van der Waals surface area contributed by atoms with Crippen molar-refractivity contribution in [1.82, 2.24) is 14.0 Å². The fourth-order valence-corrected chi connectivity index (χ4v) is 2.93. The summed E-state index contributed by atoms with van der Waals surface area (Å²) in [6.45, 7) is 2.10. The monoisotopic (exact) mass is 307 g/mol. The number of fused-ring (bicyclic) bond motifs is 3. The lowest BCUT2D eigenvalue weighted by Crippen LogP contribution is -2.15. The van der Waals surface area contributed by atoms with Crippen LogP contribution in [0.25, 0.3) is 16.8 Å². The molecule has 0 aliphatic rings. The highest BCUT2D eigenvalue weighted by molar-refractivity contribution is 5.80. The number of benzene rings is 2. The average molecular weight is 307 g/mol. The first-order valence-electron chi connectivity index (χ1n) is 7.36. The molecule has 2 heterocycles. The SMILES string of the molecule is Cc1cc(=O)n2c3ccccc3n(Cc3ccccc3F)c2n1. The minimum Gasteiger partial charge on any atom is -0.305 e. The molecule has 0 unspecified atom stereocenters. The van der Waals surface area contributed by atoms with E-state index < -0.39 is 0 Å². The smallest absolute Gasteiger partial charge is 0.259 e. The van der Waals surface area contributed by atoms with Crippen molar-refractivity contribution in [3.05, 3.63) is 82.0 Å². The van der Waals surface area contributed by atoms with Gasteiger partial charge in [-0.2, -0.15) is 0 Å². The van der Waals surface area contributed by atoms with E-state index in [1.54, 1.807) is 29.5 Å². The third-order valence-electron chi connectivity index (χ3n) is 3.97. The van der Waals surface area contributed by atoms with Crippen LogP contribution in [0.3, 0.4) is 0 Å². The van der Waals surface area contributed by atoms with Crippen LogP contribution in [0.5, 0.6) is 0 Å². The number of imidazole rings is 1. The van der Waals surface area contributed by atoms with Crippen molar-refractivity contribution in [2.45, 2.75) is 13.5 Å². The van der Waals surface area contributed by atoms with Gasteiger partial charge in [-0.15, -0.1) is 0 Å². The van der Waals surface area contributed by atoms with Crippen LogP contribution >= 0.6 is 0 Å². The van der Waals surface area contributed by atoms with E-state index in [-0.39, 0.29) is 11.4 Å². The molecule has 0 saturated heterocycles. The highest BCUT2D eigenvalue weighted by Gasteiger charge is 2.14. The lowest BCUT2D eigenvalue weighted by Gasteiger charge is -2.07. The summed E-state index contributed by atoms with van der Waals surface area (Å²) in [5, 5.41) is 0. The minimum atomic E-state index is -0.265. The zero-order chi connectivity index (χ0) is 16.0.